The molecule has 1 unspecified atom stereocenters. The van der Waals surface area contributed by atoms with Crippen molar-refractivity contribution in [1.82, 2.24) is 15.1 Å². The molecule has 8 nitrogen and oxygen atoms in total. The number of nitrogens with zero attached hydrogens (tertiary/aromatic N) is 3. The molecule has 0 saturated heterocycles. The van der Waals surface area contributed by atoms with Crippen molar-refractivity contribution in [2.75, 3.05) is 6.54 Å². The van der Waals surface area contributed by atoms with Crippen LogP contribution in [0.1, 0.15) is 59.6 Å². The van der Waals surface area contributed by atoms with Gasteiger partial charge in [0.25, 0.3) is 5.91 Å². The minimum absolute atomic E-state index is 0.163. The molecule has 4 rings (SSSR count). The zero-order valence-electron chi connectivity index (χ0n) is 25.5. The van der Waals surface area contributed by atoms with E-state index in [4.69, 9.17) is 4.99 Å². The van der Waals surface area contributed by atoms with Crippen molar-refractivity contribution in [1.29, 1.82) is 0 Å². The van der Waals surface area contributed by atoms with Crippen molar-refractivity contribution in [2.45, 2.75) is 77.4 Å². The van der Waals surface area contributed by atoms with Gasteiger partial charge in [-0.3, -0.25) is 24.3 Å². The maximum Gasteiger partial charge on any atom is 0.250 e. The van der Waals surface area contributed by atoms with Crippen molar-refractivity contribution in [3.8, 4) is 0 Å². The van der Waals surface area contributed by atoms with E-state index in [0.29, 0.717) is 22.8 Å². The van der Waals surface area contributed by atoms with Gasteiger partial charge in [-0.25, -0.2) is 0 Å². The van der Waals surface area contributed by atoms with Gasteiger partial charge in [0.2, 0.25) is 17.5 Å². The van der Waals surface area contributed by atoms with E-state index in [9.17, 15) is 19.5 Å². The molecule has 224 valence electrons. The third-order valence-corrected chi connectivity index (χ3v) is 8.81. The summed E-state index contributed by atoms with van der Waals surface area (Å²) in [6, 6.07) is 17.2. The predicted octanol–water partition coefficient (Wildman–Crippen LogP) is 4.70. The Labute approximate surface area is 253 Å². The van der Waals surface area contributed by atoms with Crippen molar-refractivity contribution < 1.29 is 19.5 Å². The number of carbonyl (C=O) groups is 3. The number of amides is 3. The second-order valence-corrected chi connectivity index (χ2v) is 14.0. The molecule has 2 N–H and O–H groups in total. The van der Waals surface area contributed by atoms with Crippen molar-refractivity contribution >= 4 is 40.2 Å². The third-order valence-electron chi connectivity index (χ3n) is 7.50. The molecule has 0 radical (unpaired) electrons. The summed E-state index contributed by atoms with van der Waals surface area (Å²) >= 11 is 1.40. The molecule has 0 aromatic heterocycles. The van der Waals surface area contributed by atoms with Gasteiger partial charge in [0.1, 0.15) is 11.1 Å². The normalized spacial score (nSPS) is 20.7. The average molecular weight is 591 g/mol. The smallest absolute Gasteiger partial charge is 0.250 e. The Morgan fingerprint density at radius 3 is 2.17 bits per heavy atom. The molecule has 0 spiro atoms. The van der Waals surface area contributed by atoms with Crippen LogP contribution in [-0.2, 0) is 20.8 Å². The topological polar surface area (TPSA) is 102 Å². The van der Waals surface area contributed by atoms with E-state index in [0.717, 1.165) is 5.56 Å². The standard InChI is InChI=1S/C33H42N4O4S/c1-21(2)28-30(40)37(26(25-16-12-9-13-17-25)19-36(28)29(39)22(3)4)27(18-24-14-10-8-11-15-24)33(41,35-23(5)38)31-34-20-32(6,7)42-31/h8-17,19,21-22,27-28,41H,18,20H2,1-7H3,(H,35,38)/t27-,28+,33?/m0/s1. The van der Waals surface area contributed by atoms with Crippen LogP contribution in [0.4, 0.5) is 0 Å². The first kappa shape index (κ1) is 31.5. The summed E-state index contributed by atoms with van der Waals surface area (Å²) < 4.78 is -0.302. The number of aliphatic imine (C=N–C) groups is 1. The minimum atomic E-state index is -2.00. The Morgan fingerprint density at radius 1 is 1.07 bits per heavy atom. The molecule has 9 heteroatoms. The number of rotatable bonds is 9. The van der Waals surface area contributed by atoms with Crippen LogP contribution in [0.5, 0.6) is 0 Å². The van der Waals surface area contributed by atoms with Crippen molar-refractivity contribution in [3.05, 3.63) is 78.0 Å². The molecule has 2 heterocycles. The van der Waals surface area contributed by atoms with Crippen LogP contribution in [0.3, 0.4) is 0 Å². The number of hydrogen-bond donors (Lipinski definition) is 2. The van der Waals surface area contributed by atoms with Gasteiger partial charge in [0.15, 0.2) is 0 Å². The van der Waals surface area contributed by atoms with Gasteiger partial charge in [-0.05, 0) is 37.3 Å². The first-order valence-electron chi connectivity index (χ1n) is 14.5. The van der Waals surface area contributed by atoms with Crippen LogP contribution in [0, 0.1) is 11.8 Å². The molecular formula is C33H42N4O4S. The number of aliphatic hydroxyl groups is 1. The maximum absolute atomic E-state index is 14.8. The molecule has 3 amide bonds. The van der Waals surface area contributed by atoms with Crippen LogP contribution in [0.2, 0.25) is 0 Å². The number of nitrogens with one attached hydrogen (secondary N) is 1. The highest BCUT2D eigenvalue weighted by molar-refractivity contribution is 8.15. The second kappa shape index (κ2) is 12.4. The average Bonchev–Trinajstić information content (AvgIpc) is 3.31. The highest BCUT2D eigenvalue weighted by atomic mass is 32.2. The summed E-state index contributed by atoms with van der Waals surface area (Å²) in [5, 5.41) is 15.8. The summed E-state index contributed by atoms with van der Waals surface area (Å²) in [5.74, 6) is -1.49. The lowest BCUT2D eigenvalue weighted by molar-refractivity contribution is -0.150. The molecule has 42 heavy (non-hydrogen) atoms. The van der Waals surface area contributed by atoms with Gasteiger partial charge in [0, 0.05) is 23.8 Å². The molecule has 0 fully saturated rings. The first-order chi connectivity index (χ1) is 19.7. The molecule has 3 atom stereocenters. The molecule has 2 aromatic carbocycles. The predicted molar refractivity (Wildman–Crippen MR) is 168 cm³/mol. The molecule has 0 saturated carbocycles. The Balaban J connectivity index is 2.00. The van der Waals surface area contributed by atoms with Crippen molar-refractivity contribution in [2.24, 2.45) is 16.8 Å². The number of hydrogen-bond acceptors (Lipinski definition) is 6. The third kappa shape index (κ3) is 6.47. The van der Waals surface area contributed by atoms with Gasteiger partial charge >= 0.3 is 0 Å². The summed E-state index contributed by atoms with van der Waals surface area (Å²) in [7, 11) is 0. The quantitative estimate of drug-likeness (QED) is 0.413. The van der Waals surface area contributed by atoms with E-state index < -0.39 is 23.7 Å². The lowest BCUT2D eigenvalue weighted by Gasteiger charge is -2.49. The zero-order valence-corrected chi connectivity index (χ0v) is 26.3. The van der Waals surface area contributed by atoms with E-state index in [1.54, 1.807) is 16.0 Å². The maximum atomic E-state index is 14.8. The number of benzene rings is 2. The highest BCUT2D eigenvalue weighted by Gasteiger charge is 2.54. The van der Waals surface area contributed by atoms with Crippen LogP contribution in [0.15, 0.2) is 71.9 Å². The second-order valence-electron chi connectivity index (χ2n) is 12.3. The fraction of sp³-hybridized carbons (Fsp3) is 0.455. The Bertz CT molecular complexity index is 1370. The fourth-order valence-electron chi connectivity index (χ4n) is 5.50. The van der Waals surface area contributed by atoms with Gasteiger partial charge in [-0.15, -0.1) is 0 Å². The highest BCUT2D eigenvalue weighted by Crippen LogP contribution is 2.41. The lowest BCUT2D eigenvalue weighted by Crippen LogP contribution is -2.69. The van der Waals surface area contributed by atoms with Gasteiger partial charge < -0.3 is 15.3 Å². The molecule has 2 aromatic rings. The van der Waals surface area contributed by atoms with E-state index in [-0.39, 0.29) is 34.8 Å². The summed E-state index contributed by atoms with van der Waals surface area (Å²) in [4.78, 5) is 48.9. The van der Waals surface area contributed by atoms with Gasteiger partial charge in [-0.2, -0.15) is 0 Å². The van der Waals surface area contributed by atoms with Crippen LogP contribution in [0.25, 0.3) is 5.70 Å². The van der Waals surface area contributed by atoms with E-state index in [1.807, 2.05) is 102 Å². The Morgan fingerprint density at radius 2 is 1.67 bits per heavy atom. The molecule has 2 aliphatic heterocycles. The van der Waals surface area contributed by atoms with Crippen LogP contribution < -0.4 is 5.32 Å². The summed E-state index contributed by atoms with van der Waals surface area (Å²) in [6.45, 7) is 13.3. The van der Waals surface area contributed by atoms with E-state index in [1.165, 1.54) is 18.7 Å². The summed E-state index contributed by atoms with van der Waals surface area (Å²) in [6.07, 6.45) is 1.96. The molecule has 2 aliphatic rings. The zero-order chi connectivity index (χ0) is 30.8. The van der Waals surface area contributed by atoms with E-state index >= 15 is 0 Å². The Hall–Kier alpha value is -3.43. The van der Waals surface area contributed by atoms with Gasteiger partial charge in [-0.1, -0.05) is 100 Å². The number of carbonyl (C=O) groups excluding carboxylic acids is 3. The fourth-order valence-corrected chi connectivity index (χ4v) is 6.63. The van der Waals surface area contributed by atoms with Gasteiger partial charge in [0.05, 0.1) is 18.3 Å². The largest absolute Gasteiger partial charge is 0.364 e. The monoisotopic (exact) mass is 590 g/mol. The SMILES string of the molecule is CC(=O)NC(O)(C1=NCC(C)(C)S1)[C@H](Cc1ccccc1)N1C(=O)[C@@H](C(C)C)N(C(=O)C(C)C)C=C1c1ccccc1. The van der Waals surface area contributed by atoms with Crippen LogP contribution in [-0.4, -0.2) is 66.8 Å². The molecule has 0 bridgehead atoms. The first-order valence-corrected chi connectivity index (χ1v) is 15.3. The van der Waals surface area contributed by atoms with Crippen LogP contribution >= 0.6 is 11.8 Å². The molecular weight excluding hydrogens is 548 g/mol. The van der Waals surface area contributed by atoms with Crippen molar-refractivity contribution in [3.63, 3.8) is 0 Å². The van der Waals surface area contributed by atoms with E-state index in [2.05, 4.69) is 5.32 Å². The number of thioether (sulfide) groups is 1. The Kier molecular flexibility index (Phi) is 9.33. The summed E-state index contributed by atoms with van der Waals surface area (Å²) in [5.41, 5.74) is 0.0458. The lowest BCUT2D eigenvalue weighted by atomic mass is 9.89. The minimum Gasteiger partial charge on any atom is -0.364 e. The molecule has 0 aliphatic carbocycles.